The van der Waals surface area contributed by atoms with Gasteiger partial charge in [0.25, 0.3) is 5.69 Å². The molecule has 136 valence electrons. The molecule has 1 aliphatic carbocycles. The van der Waals surface area contributed by atoms with Gasteiger partial charge in [0, 0.05) is 38.3 Å². The molecule has 0 bridgehead atoms. The largest absolute Gasteiger partial charge is 0.507 e. The molecule has 6 nitrogen and oxygen atoms in total. The molecule has 1 atom stereocenters. The van der Waals surface area contributed by atoms with E-state index in [1.54, 1.807) is 13.0 Å². The molecule has 3 rings (SSSR count). The Labute approximate surface area is 154 Å². The SMILES string of the molecule is Cc1ccc([N+](=O)[O-])c([C@H](C2CCC2)N2CCNCC2)c1O.Cl.Cl. The molecule has 0 aromatic heterocycles. The number of nitrogens with zero attached hydrogens (tertiary/aromatic N) is 2. The Balaban J connectivity index is 0.00000144. The first-order valence-electron chi connectivity index (χ1n) is 8.01. The van der Waals surface area contributed by atoms with Gasteiger partial charge in [0.05, 0.1) is 10.5 Å². The number of aryl methyl sites for hydroxylation is 1. The number of hydrogen-bond donors (Lipinski definition) is 2. The maximum absolute atomic E-state index is 11.5. The number of nitro groups is 1. The fraction of sp³-hybridized carbons (Fsp3) is 0.625. The Morgan fingerprint density at radius 2 is 1.92 bits per heavy atom. The van der Waals surface area contributed by atoms with Crippen LogP contribution < -0.4 is 5.32 Å². The van der Waals surface area contributed by atoms with Crippen LogP contribution >= 0.6 is 24.8 Å². The maximum atomic E-state index is 11.5. The van der Waals surface area contributed by atoms with Gasteiger partial charge in [-0.05, 0) is 37.3 Å². The fourth-order valence-corrected chi connectivity index (χ4v) is 3.59. The minimum absolute atomic E-state index is 0. The zero-order chi connectivity index (χ0) is 15.7. The van der Waals surface area contributed by atoms with Gasteiger partial charge < -0.3 is 10.4 Å². The fourth-order valence-electron chi connectivity index (χ4n) is 3.59. The standard InChI is InChI=1S/C16H23N3O3.2ClH/c1-11-5-6-13(19(21)22)14(16(11)20)15(12-3-2-4-12)18-9-7-17-8-10-18;;/h5-6,12,15,17,20H,2-4,7-10H2,1H3;2*1H/t15-;;/m0../s1. The molecule has 1 aromatic carbocycles. The van der Waals surface area contributed by atoms with Crippen molar-refractivity contribution >= 4 is 30.5 Å². The van der Waals surface area contributed by atoms with Crippen LogP contribution in [-0.2, 0) is 0 Å². The number of hydrogen-bond acceptors (Lipinski definition) is 5. The first-order valence-corrected chi connectivity index (χ1v) is 8.01. The van der Waals surface area contributed by atoms with Crippen LogP contribution in [0, 0.1) is 23.0 Å². The molecule has 1 saturated carbocycles. The van der Waals surface area contributed by atoms with Crippen molar-refractivity contribution in [3.8, 4) is 5.75 Å². The minimum Gasteiger partial charge on any atom is -0.507 e. The summed E-state index contributed by atoms with van der Waals surface area (Å²) >= 11 is 0. The summed E-state index contributed by atoms with van der Waals surface area (Å²) in [5.74, 6) is 0.508. The van der Waals surface area contributed by atoms with Gasteiger partial charge in [-0.15, -0.1) is 24.8 Å². The Morgan fingerprint density at radius 3 is 2.42 bits per heavy atom. The second-order valence-corrected chi connectivity index (χ2v) is 6.34. The Bertz CT molecular complexity index is 576. The predicted octanol–water partition coefficient (Wildman–Crippen LogP) is 3.20. The van der Waals surface area contributed by atoms with Crippen LogP contribution in [0.5, 0.6) is 5.75 Å². The van der Waals surface area contributed by atoms with Gasteiger partial charge in [0.1, 0.15) is 5.75 Å². The molecular weight excluding hydrogens is 353 g/mol. The van der Waals surface area contributed by atoms with Crippen molar-refractivity contribution < 1.29 is 10.0 Å². The van der Waals surface area contributed by atoms with Crippen LogP contribution in [0.4, 0.5) is 5.69 Å². The van der Waals surface area contributed by atoms with Crippen molar-refractivity contribution in [2.45, 2.75) is 32.2 Å². The lowest BCUT2D eigenvalue weighted by atomic mass is 9.75. The van der Waals surface area contributed by atoms with Crippen molar-refractivity contribution in [3.05, 3.63) is 33.4 Å². The molecule has 2 aliphatic rings. The first kappa shape index (κ1) is 21.0. The molecule has 1 aromatic rings. The average molecular weight is 378 g/mol. The third kappa shape index (κ3) is 3.94. The van der Waals surface area contributed by atoms with Crippen molar-refractivity contribution in [1.82, 2.24) is 10.2 Å². The predicted molar refractivity (Wildman–Crippen MR) is 98.5 cm³/mol. The third-order valence-electron chi connectivity index (χ3n) is 5.03. The summed E-state index contributed by atoms with van der Waals surface area (Å²) in [6, 6.07) is 3.13. The van der Waals surface area contributed by atoms with Crippen molar-refractivity contribution in [3.63, 3.8) is 0 Å². The van der Waals surface area contributed by atoms with Crippen LogP contribution in [0.15, 0.2) is 12.1 Å². The summed E-state index contributed by atoms with van der Waals surface area (Å²) in [6.45, 7) is 5.32. The molecule has 1 heterocycles. The Hall–Kier alpha value is -1.08. The van der Waals surface area contributed by atoms with E-state index in [1.807, 2.05) is 0 Å². The van der Waals surface area contributed by atoms with Crippen LogP contribution in [0.3, 0.4) is 0 Å². The second-order valence-electron chi connectivity index (χ2n) is 6.34. The van der Waals surface area contributed by atoms with Crippen LogP contribution in [0.2, 0.25) is 0 Å². The van der Waals surface area contributed by atoms with Gasteiger partial charge in [0.2, 0.25) is 0 Å². The number of benzene rings is 1. The highest BCUT2D eigenvalue weighted by molar-refractivity contribution is 5.85. The topological polar surface area (TPSA) is 78.6 Å². The summed E-state index contributed by atoms with van der Waals surface area (Å²) in [5.41, 5.74) is 1.29. The maximum Gasteiger partial charge on any atom is 0.277 e. The Morgan fingerprint density at radius 1 is 1.29 bits per heavy atom. The van der Waals surface area contributed by atoms with E-state index in [4.69, 9.17) is 0 Å². The van der Waals surface area contributed by atoms with E-state index in [9.17, 15) is 15.2 Å². The molecule has 2 N–H and O–H groups in total. The first-order chi connectivity index (χ1) is 10.6. The molecule has 24 heavy (non-hydrogen) atoms. The molecule has 0 spiro atoms. The average Bonchev–Trinajstić information content (AvgIpc) is 2.46. The lowest BCUT2D eigenvalue weighted by Gasteiger charge is -2.43. The van der Waals surface area contributed by atoms with E-state index >= 15 is 0 Å². The molecule has 0 radical (unpaired) electrons. The van der Waals surface area contributed by atoms with E-state index in [0.29, 0.717) is 17.0 Å². The smallest absolute Gasteiger partial charge is 0.277 e. The number of rotatable bonds is 4. The summed E-state index contributed by atoms with van der Waals surface area (Å²) in [6.07, 6.45) is 3.34. The highest BCUT2D eigenvalue weighted by atomic mass is 35.5. The Kier molecular flexibility index (Phi) is 7.73. The summed E-state index contributed by atoms with van der Waals surface area (Å²) < 4.78 is 0. The van der Waals surface area contributed by atoms with E-state index in [-0.39, 0.29) is 47.2 Å². The number of nitrogens with one attached hydrogen (secondary N) is 1. The molecular formula is C16H25Cl2N3O3. The highest BCUT2D eigenvalue weighted by Gasteiger charge is 2.39. The van der Waals surface area contributed by atoms with Gasteiger partial charge in [-0.1, -0.05) is 6.42 Å². The number of nitro benzene ring substituents is 1. The van der Waals surface area contributed by atoms with Gasteiger partial charge in [-0.3, -0.25) is 15.0 Å². The molecule has 0 amide bonds. The minimum atomic E-state index is -0.359. The zero-order valence-corrected chi connectivity index (χ0v) is 15.4. The van der Waals surface area contributed by atoms with Gasteiger partial charge in [-0.2, -0.15) is 0 Å². The number of aromatic hydroxyl groups is 1. The molecule has 8 heteroatoms. The van der Waals surface area contributed by atoms with E-state index < -0.39 is 0 Å². The van der Waals surface area contributed by atoms with Crippen molar-refractivity contribution in [2.75, 3.05) is 26.2 Å². The number of piperazine rings is 1. The van der Waals surface area contributed by atoms with Crippen LogP contribution in [-0.4, -0.2) is 41.1 Å². The van der Waals surface area contributed by atoms with E-state index in [0.717, 1.165) is 39.0 Å². The van der Waals surface area contributed by atoms with Gasteiger partial charge in [0.15, 0.2) is 0 Å². The lowest BCUT2D eigenvalue weighted by Crippen LogP contribution is -2.48. The molecule has 0 unspecified atom stereocenters. The number of phenolic OH excluding ortho intramolecular Hbond substituents is 1. The monoisotopic (exact) mass is 377 g/mol. The highest BCUT2D eigenvalue weighted by Crippen LogP contribution is 2.48. The van der Waals surface area contributed by atoms with Crippen molar-refractivity contribution in [1.29, 1.82) is 0 Å². The third-order valence-corrected chi connectivity index (χ3v) is 5.03. The normalized spacial score (nSPS) is 19.5. The summed E-state index contributed by atoms with van der Waals surface area (Å²) in [5, 5.41) is 25.3. The lowest BCUT2D eigenvalue weighted by molar-refractivity contribution is -0.386. The number of phenols is 1. The second kappa shape index (κ2) is 8.85. The molecule has 1 aliphatic heterocycles. The van der Waals surface area contributed by atoms with Crippen molar-refractivity contribution in [2.24, 2.45) is 5.92 Å². The molecule has 2 fully saturated rings. The van der Waals surface area contributed by atoms with E-state index in [2.05, 4.69) is 10.2 Å². The van der Waals surface area contributed by atoms with Crippen LogP contribution in [0.25, 0.3) is 0 Å². The zero-order valence-electron chi connectivity index (χ0n) is 13.7. The van der Waals surface area contributed by atoms with Gasteiger partial charge >= 0.3 is 0 Å². The summed E-state index contributed by atoms with van der Waals surface area (Å²) in [4.78, 5) is 13.4. The quantitative estimate of drug-likeness (QED) is 0.622. The van der Waals surface area contributed by atoms with Gasteiger partial charge in [-0.25, -0.2) is 0 Å². The summed E-state index contributed by atoms with van der Waals surface area (Å²) in [7, 11) is 0. The molecule has 1 saturated heterocycles. The van der Waals surface area contributed by atoms with E-state index in [1.165, 1.54) is 12.5 Å². The van der Waals surface area contributed by atoms with Crippen LogP contribution in [0.1, 0.15) is 36.4 Å². The number of halogens is 2.